The molecule has 1 aliphatic heterocycles. The SMILES string of the molecule is COc1cc(C(=O)N[C@@H]2CCN(C(=O)c3cc(OC)c4ncc(C)n4c3)C[C@@H]2c2ccccc2)n(C)n1. The molecule has 1 aromatic carbocycles. The Bertz CT molecular complexity index is 1440. The van der Waals surface area contributed by atoms with Gasteiger partial charge in [-0.1, -0.05) is 30.3 Å². The first-order valence-corrected chi connectivity index (χ1v) is 12.1. The molecule has 1 aliphatic rings. The van der Waals surface area contributed by atoms with Crippen LogP contribution in [0.5, 0.6) is 11.6 Å². The first-order chi connectivity index (χ1) is 17.9. The number of ether oxygens (including phenoxy) is 2. The zero-order valence-electron chi connectivity index (χ0n) is 21.3. The zero-order valence-corrected chi connectivity index (χ0v) is 21.3. The van der Waals surface area contributed by atoms with Gasteiger partial charge in [0.05, 0.1) is 19.8 Å². The summed E-state index contributed by atoms with van der Waals surface area (Å²) in [5.74, 6) is 0.532. The number of likely N-dealkylation sites (tertiary alicyclic amines) is 1. The van der Waals surface area contributed by atoms with Crippen LogP contribution in [-0.4, -0.2) is 69.2 Å². The van der Waals surface area contributed by atoms with Crippen LogP contribution in [0.15, 0.2) is 54.9 Å². The predicted molar refractivity (Wildman–Crippen MR) is 137 cm³/mol. The highest BCUT2D eigenvalue weighted by molar-refractivity contribution is 5.95. The average Bonchev–Trinajstić information content (AvgIpc) is 3.50. The molecule has 2 atom stereocenters. The van der Waals surface area contributed by atoms with Crippen molar-refractivity contribution >= 4 is 17.5 Å². The maximum atomic E-state index is 13.7. The van der Waals surface area contributed by atoms with Gasteiger partial charge in [0.25, 0.3) is 11.8 Å². The minimum atomic E-state index is -0.227. The van der Waals surface area contributed by atoms with Crippen LogP contribution in [-0.2, 0) is 7.05 Å². The summed E-state index contributed by atoms with van der Waals surface area (Å²) in [6, 6.07) is 13.2. The monoisotopic (exact) mass is 502 g/mol. The van der Waals surface area contributed by atoms with E-state index in [1.807, 2.05) is 52.8 Å². The number of aromatic nitrogens is 4. The Labute approximate surface area is 214 Å². The van der Waals surface area contributed by atoms with Crippen molar-refractivity contribution < 1.29 is 19.1 Å². The first kappa shape index (κ1) is 24.4. The van der Waals surface area contributed by atoms with E-state index in [0.717, 1.165) is 11.3 Å². The molecule has 4 aromatic rings. The summed E-state index contributed by atoms with van der Waals surface area (Å²) >= 11 is 0. The number of rotatable bonds is 6. The maximum Gasteiger partial charge on any atom is 0.269 e. The smallest absolute Gasteiger partial charge is 0.269 e. The molecule has 0 radical (unpaired) electrons. The molecule has 0 saturated carbocycles. The van der Waals surface area contributed by atoms with Crippen molar-refractivity contribution in [2.75, 3.05) is 27.3 Å². The fourth-order valence-corrected chi connectivity index (χ4v) is 4.97. The molecular formula is C27H30N6O4. The second-order valence-electron chi connectivity index (χ2n) is 9.22. The zero-order chi connectivity index (χ0) is 26.1. The number of nitrogens with zero attached hydrogens (tertiary/aromatic N) is 5. The van der Waals surface area contributed by atoms with E-state index in [2.05, 4.69) is 15.4 Å². The molecule has 0 spiro atoms. The van der Waals surface area contributed by atoms with E-state index in [9.17, 15) is 9.59 Å². The highest BCUT2D eigenvalue weighted by Crippen LogP contribution is 2.30. The van der Waals surface area contributed by atoms with Gasteiger partial charge in [-0.25, -0.2) is 4.98 Å². The minimum absolute atomic E-state index is 0.0846. The lowest BCUT2D eigenvalue weighted by atomic mass is 9.85. The summed E-state index contributed by atoms with van der Waals surface area (Å²) in [4.78, 5) is 33.1. The van der Waals surface area contributed by atoms with Gasteiger partial charge in [-0.05, 0) is 25.0 Å². The summed E-state index contributed by atoms with van der Waals surface area (Å²) in [7, 11) is 4.80. The van der Waals surface area contributed by atoms with Crippen LogP contribution in [0.2, 0.25) is 0 Å². The Balaban J connectivity index is 1.41. The largest absolute Gasteiger partial charge is 0.493 e. The molecule has 0 unspecified atom stereocenters. The second kappa shape index (κ2) is 9.96. The molecule has 3 aromatic heterocycles. The summed E-state index contributed by atoms with van der Waals surface area (Å²) in [5, 5.41) is 7.37. The molecule has 1 fully saturated rings. The number of benzene rings is 1. The quantitative estimate of drug-likeness (QED) is 0.435. The molecule has 1 saturated heterocycles. The molecule has 37 heavy (non-hydrogen) atoms. The second-order valence-corrected chi connectivity index (χ2v) is 9.22. The van der Waals surface area contributed by atoms with Gasteiger partial charge in [0.15, 0.2) is 11.4 Å². The number of aryl methyl sites for hydroxylation is 2. The third-order valence-electron chi connectivity index (χ3n) is 6.97. The lowest BCUT2D eigenvalue weighted by molar-refractivity contribution is 0.0670. The van der Waals surface area contributed by atoms with Crippen LogP contribution in [0, 0.1) is 6.92 Å². The van der Waals surface area contributed by atoms with Crippen molar-refractivity contribution in [1.82, 2.24) is 29.4 Å². The molecule has 192 valence electrons. The standard InChI is InChI=1S/C27H30N6O4/c1-17-14-28-25-23(36-3)12-19(15-33(17)25)27(35)32-11-10-21(20(16-32)18-8-6-5-7-9-18)29-26(34)22-13-24(37-4)30-31(22)2/h5-9,12-15,20-21H,10-11,16H2,1-4H3,(H,29,34)/t20-,21-/m1/s1. The Kier molecular flexibility index (Phi) is 6.56. The highest BCUT2D eigenvalue weighted by Gasteiger charge is 2.35. The summed E-state index contributed by atoms with van der Waals surface area (Å²) in [5.41, 5.74) is 3.59. The number of methoxy groups -OCH3 is 2. The van der Waals surface area contributed by atoms with Gasteiger partial charge in [0, 0.05) is 56.3 Å². The molecule has 4 heterocycles. The van der Waals surface area contributed by atoms with Crippen molar-refractivity contribution in [2.45, 2.75) is 25.3 Å². The van der Waals surface area contributed by atoms with Crippen LogP contribution in [0.25, 0.3) is 5.65 Å². The van der Waals surface area contributed by atoms with Gasteiger partial charge < -0.3 is 24.1 Å². The van der Waals surface area contributed by atoms with Crippen molar-refractivity contribution in [3.63, 3.8) is 0 Å². The van der Waals surface area contributed by atoms with E-state index in [4.69, 9.17) is 9.47 Å². The van der Waals surface area contributed by atoms with Crippen LogP contribution >= 0.6 is 0 Å². The van der Waals surface area contributed by atoms with Gasteiger partial charge in [-0.15, -0.1) is 5.10 Å². The molecule has 0 bridgehead atoms. The van der Waals surface area contributed by atoms with Crippen LogP contribution in [0.4, 0.5) is 0 Å². The number of nitrogens with one attached hydrogen (secondary N) is 1. The van der Waals surface area contributed by atoms with Crippen LogP contribution < -0.4 is 14.8 Å². The lowest BCUT2D eigenvalue weighted by Gasteiger charge is -2.39. The third kappa shape index (κ3) is 4.62. The Morgan fingerprint density at radius 1 is 1.11 bits per heavy atom. The number of imidazole rings is 1. The highest BCUT2D eigenvalue weighted by atomic mass is 16.5. The maximum absolute atomic E-state index is 13.7. The van der Waals surface area contributed by atoms with Gasteiger partial charge in [0.2, 0.25) is 5.88 Å². The summed E-state index contributed by atoms with van der Waals surface area (Å²) in [6.45, 7) is 2.90. The van der Waals surface area contributed by atoms with E-state index < -0.39 is 0 Å². The Morgan fingerprint density at radius 2 is 1.89 bits per heavy atom. The number of hydrogen-bond acceptors (Lipinski definition) is 6. The van der Waals surface area contributed by atoms with E-state index in [1.54, 1.807) is 32.5 Å². The number of carbonyl (C=O) groups is 2. The van der Waals surface area contributed by atoms with Crippen molar-refractivity contribution in [3.8, 4) is 11.6 Å². The number of amides is 2. The first-order valence-electron chi connectivity index (χ1n) is 12.1. The van der Waals surface area contributed by atoms with Gasteiger partial charge >= 0.3 is 0 Å². The number of pyridine rings is 1. The van der Waals surface area contributed by atoms with Crippen molar-refractivity contribution in [2.24, 2.45) is 7.05 Å². The van der Waals surface area contributed by atoms with Crippen LogP contribution in [0.3, 0.4) is 0 Å². The van der Waals surface area contributed by atoms with Gasteiger partial charge in [-0.3, -0.25) is 14.3 Å². The van der Waals surface area contributed by atoms with E-state index >= 15 is 0 Å². The fraction of sp³-hybridized carbons (Fsp3) is 0.333. The Morgan fingerprint density at radius 3 is 2.59 bits per heavy atom. The minimum Gasteiger partial charge on any atom is -0.493 e. The molecular weight excluding hydrogens is 472 g/mol. The Hall–Kier alpha value is -4.34. The molecule has 0 aliphatic carbocycles. The molecule has 10 heteroatoms. The van der Waals surface area contributed by atoms with E-state index in [1.165, 1.54) is 11.8 Å². The number of hydrogen-bond donors (Lipinski definition) is 1. The van der Waals surface area contributed by atoms with Gasteiger partial charge in [0.1, 0.15) is 5.69 Å². The van der Waals surface area contributed by atoms with Crippen LogP contribution in [0.1, 0.15) is 44.4 Å². The predicted octanol–water partition coefficient (Wildman–Crippen LogP) is 2.82. The number of fused-ring (bicyclic) bond motifs is 1. The van der Waals surface area contributed by atoms with Gasteiger partial charge in [-0.2, -0.15) is 0 Å². The average molecular weight is 503 g/mol. The fourth-order valence-electron chi connectivity index (χ4n) is 4.97. The number of piperidine rings is 1. The van der Waals surface area contributed by atoms with Crippen molar-refractivity contribution in [3.05, 3.63) is 77.4 Å². The topological polar surface area (TPSA) is 103 Å². The van der Waals surface area contributed by atoms with E-state index in [0.29, 0.717) is 48.0 Å². The lowest BCUT2D eigenvalue weighted by Crippen LogP contribution is -2.51. The number of carbonyl (C=O) groups excluding carboxylic acids is 2. The molecule has 5 rings (SSSR count). The molecule has 10 nitrogen and oxygen atoms in total. The molecule has 1 N–H and O–H groups in total. The van der Waals surface area contributed by atoms with Crippen molar-refractivity contribution in [1.29, 1.82) is 0 Å². The summed E-state index contributed by atoms with van der Waals surface area (Å²) in [6.07, 6.45) is 4.17. The normalized spacial score (nSPS) is 17.6. The third-order valence-corrected chi connectivity index (χ3v) is 6.97. The summed E-state index contributed by atoms with van der Waals surface area (Å²) < 4.78 is 14.1. The molecule has 2 amide bonds. The van der Waals surface area contributed by atoms with E-state index in [-0.39, 0.29) is 23.8 Å².